The topological polar surface area (TPSA) is 70.7 Å². The maximum Gasteiger partial charge on any atom is 0.416 e. The number of carbonyl (C=O) groups excluding carboxylic acids is 1. The quantitative estimate of drug-likeness (QED) is 0.456. The molecule has 4 aromatic rings. The number of nitrogens with one attached hydrogen (secondary N) is 2. The van der Waals surface area contributed by atoms with E-state index in [1.54, 1.807) is 31.6 Å². The predicted molar refractivity (Wildman–Crippen MR) is 109 cm³/mol. The highest BCUT2D eigenvalue weighted by atomic mass is 19.4. The SMILES string of the molecule is CCC(=O)Nc1ccc(C(F)(F)F)cc1-c1cc2cc(-c3cn[nH]c3)ccc2cn1. The number of benzene rings is 2. The van der Waals surface area contributed by atoms with Crippen molar-refractivity contribution in [2.75, 3.05) is 5.32 Å². The summed E-state index contributed by atoms with van der Waals surface area (Å²) in [7, 11) is 0. The number of alkyl halides is 3. The lowest BCUT2D eigenvalue weighted by atomic mass is 10.0. The van der Waals surface area contributed by atoms with Gasteiger partial charge >= 0.3 is 6.18 Å². The highest BCUT2D eigenvalue weighted by Crippen LogP contribution is 2.36. The Morgan fingerprint density at radius 1 is 1.03 bits per heavy atom. The number of anilines is 1. The second-order valence-corrected chi connectivity index (χ2v) is 6.78. The molecule has 0 fully saturated rings. The first-order valence-electron chi connectivity index (χ1n) is 9.25. The number of aromatic amines is 1. The van der Waals surface area contributed by atoms with Crippen LogP contribution >= 0.6 is 0 Å². The van der Waals surface area contributed by atoms with Gasteiger partial charge in [-0.3, -0.25) is 14.9 Å². The van der Waals surface area contributed by atoms with Crippen LogP contribution < -0.4 is 5.32 Å². The average molecular weight is 410 g/mol. The number of hydrogen-bond donors (Lipinski definition) is 2. The molecular weight excluding hydrogens is 393 g/mol. The third kappa shape index (κ3) is 3.89. The summed E-state index contributed by atoms with van der Waals surface area (Å²) >= 11 is 0. The minimum Gasteiger partial charge on any atom is -0.325 e. The zero-order valence-electron chi connectivity index (χ0n) is 15.9. The summed E-state index contributed by atoms with van der Waals surface area (Å²) < 4.78 is 39.9. The van der Waals surface area contributed by atoms with E-state index in [4.69, 9.17) is 0 Å². The lowest BCUT2D eigenvalue weighted by Gasteiger charge is -2.14. The standard InChI is InChI=1S/C22H17F3N4O/c1-2-21(30)29-19-6-5-17(22(23,24)25)9-18(19)20-8-15-7-13(16-11-27-28-12-16)3-4-14(15)10-26-20/h3-12H,2H2,1H3,(H,27,28)(H,29,30). The average Bonchev–Trinajstić information content (AvgIpc) is 3.27. The lowest BCUT2D eigenvalue weighted by Crippen LogP contribution is -2.12. The van der Waals surface area contributed by atoms with Crippen LogP contribution in [0.1, 0.15) is 18.9 Å². The zero-order valence-corrected chi connectivity index (χ0v) is 15.9. The van der Waals surface area contributed by atoms with Crippen LogP contribution in [0.15, 0.2) is 61.1 Å². The minimum atomic E-state index is -4.51. The Morgan fingerprint density at radius 3 is 2.57 bits per heavy atom. The molecule has 4 rings (SSSR count). The molecule has 0 saturated heterocycles. The van der Waals surface area contributed by atoms with Crippen molar-refractivity contribution in [2.24, 2.45) is 0 Å². The Bertz CT molecular complexity index is 1220. The number of aromatic nitrogens is 3. The fraction of sp³-hybridized carbons (Fsp3) is 0.136. The molecule has 0 unspecified atom stereocenters. The molecule has 0 radical (unpaired) electrons. The van der Waals surface area contributed by atoms with E-state index in [9.17, 15) is 18.0 Å². The molecule has 8 heteroatoms. The second kappa shape index (κ2) is 7.62. The van der Waals surface area contributed by atoms with Crippen molar-refractivity contribution >= 4 is 22.4 Å². The molecule has 2 aromatic carbocycles. The Hall–Kier alpha value is -3.68. The Kier molecular flexibility index (Phi) is 4.99. The van der Waals surface area contributed by atoms with Gasteiger partial charge in [0.1, 0.15) is 0 Å². The summed E-state index contributed by atoms with van der Waals surface area (Å²) in [5, 5.41) is 11.0. The summed E-state index contributed by atoms with van der Waals surface area (Å²) in [5.41, 5.74) is 1.84. The first kappa shape index (κ1) is 19.6. The fourth-order valence-electron chi connectivity index (χ4n) is 3.16. The van der Waals surface area contributed by atoms with Gasteiger partial charge in [0.15, 0.2) is 0 Å². The van der Waals surface area contributed by atoms with Crippen molar-refractivity contribution in [1.82, 2.24) is 15.2 Å². The van der Waals surface area contributed by atoms with Gasteiger partial charge in [-0.25, -0.2) is 0 Å². The molecule has 0 bridgehead atoms. The Balaban J connectivity index is 1.85. The summed E-state index contributed by atoms with van der Waals surface area (Å²) in [6.45, 7) is 1.67. The van der Waals surface area contributed by atoms with Crippen molar-refractivity contribution in [3.05, 3.63) is 66.6 Å². The summed E-state index contributed by atoms with van der Waals surface area (Å²) in [6.07, 6.45) is 0.755. The van der Waals surface area contributed by atoms with E-state index in [2.05, 4.69) is 20.5 Å². The lowest BCUT2D eigenvalue weighted by molar-refractivity contribution is -0.137. The van der Waals surface area contributed by atoms with Crippen LogP contribution in [0, 0.1) is 0 Å². The van der Waals surface area contributed by atoms with Crippen LogP contribution in [-0.2, 0) is 11.0 Å². The molecule has 30 heavy (non-hydrogen) atoms. The van der Waals surface area contributed by atoms with E-state index < -0.39 is 11.7 Å². The van der Waals surface area contributed by atoms with Crippen LogP contribution in [-0.4, -0.2) is 21.1 Å². The van der Waals surface area contributed by atoms with E-state index in [0.29, 0.717) is 5.69 Å². The van der Waals surface area contributed by atoms with Crippen molar-refractivity contribution in [1.29, 1.82) is 0 Å². The maximum atomic E-state index is 13.3. The van der Waals surface area contributed by atoms with Crippen molar-refractivity contribution in [2.45, 2.75) is 19.5 Å². The molecule has 0 aliphatic carbocycles. The van der Waals surface area contributed by atoms with Gasteiger partial charge in [0.25, 0.3) is 0 Å². The molecule has 5 nitrogen and oxygen atoms in total. The van der Waals surface area contributed by atoms with E-state index in [0.717, 1.165) is 34.0 Å². The number of fused-ring (bicyclic) bond motifs is 1. The molecule has 0 saturated carbocycles. The highest BCUT2D eigenvalue weighted by Gasteiger charge is 2.31. The molecule has 0 aliphatic rings. The Morgan fingerprint density at radius 2 is 1.87 bits per heavy atom. The Labute approximate surface area is 170 Å². The van der Waals surface area contributed by atoms with E-state index in [1.165, 1.54) is 6.07 Å². The number of rotatable bonds is 4. The van der Waals surface area contributed by atoms with Crippen LogP contribution in [0.2, 0.25) is 0 Å². The van der Waals surface area contributed by atoms with E-state index in [1.807, 2.05) is 18.2 Å². The van der Waals surface area contributed by atoms with Gasteiger partial charge < -0.3 is 5.32 Å². The third-order valence-corrected chi connectivity index (χ3v) is 4.77. The molecule has 1 amide bonds. The first-order chi connectivity index (χ1) is 14.3. The second-order valence-electron chi connectivity index (χ2n) is 6.78. The summed E-state index contributed by atoms with van der Waals surface area (Å²) in [6, 6.07) is 10.7. The van der Waals surface area contributed by atoms with E-state index in [-0.39, 0.29) is 23.6 Å². The number of halogens is 3. The highest BCUT2D eigenvalue weighted by molar-refractivity contribution is 5.96. The first-order valence-corrected chi connectivity index (χ1v) is 9.25. The predicted octanol–water partition coefficient (Wildman–Crippen LogP) is 5.66. The third-order valence-electron chi connectivity index (χ3n) is 4.77. The molecule has 2 aromatic heterocycles. The maximum absolute atomic E-state index is 13.3. The van der Waals surface area contributed by atoms with Gasteiger partial charge in [0.2, 0.25) is 5.91 Å². The molecular formula is C22H17F3N4O. The van der Waals surface area contributed by atoms with Crippen molar-refractivity contribution < 1.29 is 18.0 Å². The number of amides is 1. The van der Waals surface area contributed by atoms with Gasteiger partial charge in [-0.2, -0.15) is 18.3 Å². The summed E-state index contributed by atoms with van der Waals surface area (Å²) in [5.74, 6) is -0.293. The van der Waals surface area contributed by atoms with Crippen LogP contribution in [0.4, 0.5) is 18.9 Å². The van der Waals surface area contributed by atoms with Gasteiger partial charge in [-0.05, 0) is 41.3 Å². The minimum absolute atomic E-state index is 0.208. The molecule has 0 spiro atoms. The van der Waals surface area contributed by atoms with Gasteiger partial charge in [0, 0.05) is 35.3 Å². The monoisotopic (exact) mass is 410 g/mol. The number of pyridine rings is 1. The van der Waals surface area contributed by atoms with Gasteiger partial charge in [-0.1, -0.05) is 19.1 Å². The number of nitrogens with zero attached hydrogens (tertiary/aromatic N) is 2. The molecule has 0 atom stereocenters. The van der Waals surface area contributed by atoms with Crippen LogP contribution in [0.3, 0.4) is 0 Å². The molecule has 2 heterocycles. The fourth-order valence-corrected chi connectivity index (χ4v) is 3.16. The largest absolute Gasteiger partial charge is 0.416 e. The molecule has 152 valence electrons. The van der Waals surface area contributed by atoms with E-state index >= 15 is 0 Å². The van der Waals surface area contributed by atoms with Crippen molar-refractivity contribution in [3.8, 4) is 22.4 Å². The molecule has 2 N–H and O–H groups in total. The van der Waals surface area contributed by atoms with Gasteiger partial charge in [0.05, 0.1) is 23.1 Å². The number of hydrogen-bond acceptors (Lipinski definition) is 3. The zero-order chi connectivity index (χ0) is 21.3. The summed E-state index contributed by atoms with van der Waals surface area (Å²) in [4.78, 5) is 16.2. The number of H-pyrrole nitrogens is 1. The van der Waals surface area contributed by atoms with Gasteiger partial charge in [-0.15, -0.1) is 0 Å². The van der Waals surface area contributed by atoms with Crippen LogP contribution in [0.5, 0.6) is 0 Å². The smallest absolute Gasteiger partial charge is 0.325 e. The van der Waals surface area contributed by atoms with Crippen LogP contribution in [0.25, 0.3) is 33.2 Å². The molecule has 0 aliphatic heterocycles. The number of carbonyl (C=O) groups is 1. The van der Waals surface area contributed by atoms with Crippen molar-refractivity contribution in [3.63, 3.8) is 0 Å². The normalized spacial score (nSPS) is 11.6.